The molecule has 4 rings (SSSR count). The van der Waals surface area contributed by atoms with Crippen molar-refractivity contribution in [2.45, 2.75) is 51.6 Å². The van der Waals surface area contributed by atoms with E-state index in [2.05, 4.69) is 21.8 Å². The predicted molar refractivity (Wildman–Crippen MR) is 90.9 cm³/mol. The number of thiophene rings is 1. The molecule has 1 saturated heterocycles. The van der Waals surface area contributed by atoms with E-state index >= 15 is 0 Å². The van der Waals surface area contributed by atoms with Gasteiger partial charge >= 0.3 is 0 Å². The summed E-state index contributed by atoms with van der Waals surface area (Å²) < 4.78 is 5.82. The van der Waals surface area contributed by atoms with Gasteiger partial charge in [0, 0.05) is 18.0 Å². The zero-order valence-electron chi connectivity index (χ0n) is 13.2. The van der Waals surface area contributed by atoms with E-state index in [4.69, 9.17) is 4.74 Å². The van der Waals surface area contributed by atoms with Crippen molar-refractivity contribution in [1.82, 2.24) is 9.97 Å². The summed E-state index contributed by atoms with van der Waals surface area (Å²) in [5.41, 5.74) is 1.53. The van der Waals surface area contributed by atoms with Crippen LogP contribution in [0.5, 0.6) is 0 Å². The first-order chi connectivity index (χ1) is 10.9. The highest BCUT2D eigenvalue weighted by atomic mass is 32.1. The van der Waals surface area contributed by atoms with Gasteiger partial charge in [0.15, 0.2) is 0 Å². The number of aryl methyl sites for hydroxylation is 2. The van der Waals surface area contributed by atoms with E-state index in [1.54, 1.807) is 11.2 Å². The van der Waals surface area contributed by atoms with Crippen LogP contribution >= 0.6 is 11.3 Å². The topological polar surface area (TPSA) is 38.2 Å². The first-order valence-electron chi connectivity index (χ1n) is 8.48. The second kappa shape index (κ2) is 6.13. The van der Waals surface area contributed by atoms with Gasteiger partial charge in [0.25, 0.3) is 0 Å². The summed E-state index contributed by atoms with van der Waals surface area (Å²) in [6.07, 6.45) is 9.51. The van der Waals surface area contributed by atoms with Gasteiger partial charge in [-0.2, -0.15) is 0 Å². The number of nitrogens with zero attached hydrogens (tertiary/aromatic N) is 3. The number of aromatic nitrogens is 2. The van der Waals surface area contributed by atoms with Crippen molar-refractivity contribution in [2.75, 3.05) is 24.6 Å². The maximum atomic E-state index is 5.82. The van der Waals surface area contributed by atoms with Crippen LogP contribution in [0, 0.1) is 0 Å². The Hall–Kier alpha value is -1.20. The van der Waals surface area contributed by atoms with Crippen LogP contribution < -0.4 is 4.90 Å². The van der Waals surface area contributed by atoms with Crippen LogP contribution in [0.2, 0.25) is 0 Å². The summed E-state index contributed by atoms with van der Waals surface area (Å²) in [6.45, 7) is 4.89. The molecule has 118 valence electrons. The Balaban J connectivity index is 1.78. The van der Waals surface area contributed by atoms with Crippen LogP contribution in [0.1, 0.15) is 43.0 Å². The van der Waals surface area contributed by atoms with Gasteiger partial charge in [0.2, 0.25) is 0 Å². The van der Waals surface area contributed by atoms with Gasteiger partial charge < -0.3 is 9.64 Å². The van der Waals surface area contributed by atoms with E-state index in [0.717, 1.165) is 31.9 Å². The number of ether oxygens (including phenoxy) is 1. The van der Waals surface area contributed by atoms with Crippen LogP contribution in [0.25, 0.3) is 10.2 Å². The molecule has 1 aliphatic carbocycles. The smallest absolute Gasteiger partial charge is 0.141 e. The maximum Gasteiger partial charge on any atom is 0.141 e. The summed E-state index contributed by atoms with van der Waals surface area (Å²) in [6, 6.07) is 0. The molecule has 2 aliphatic rings. The second-order valence-electron chi connectivity index (χ2n) is 6.29. The largest absolute Gasteiger partial charge is 0.375 e. The molecule has 2 aromatic heterocycles. The number of fused-ring (bicyclic) bond motifs is 3. The SMILES string of the molecule is CCC1CN(c2ncnc3sc4c(c23)CCCCC4)CCO1. The Morgan fingerprint density at radius 1 is 1.27 bits per heavy atom. The lowest BCUT2D eigenvalue weighted by Crippen LogP contribution is -2.42. The lowest BCUT2D eigenvalue weighted by atomic mass is 10.1. The van der Waals surface area contributed by atoms with Gasteiger partial charge in [-0.05, 0) is 37.7 Å². The summed E-state index contributed by atoms with van der Waals surface area (Å²) in [5.74, 6) is 1.14. The van der Waals surface area contributed by atoms with Gasteiger partial charge in [0.05, 0.1) is 18.1 Å². The van der Waals surface area contributed by atoms with Gasteiger partial charge in [-0.15, -0.1) is 11.3 Å². The first kappa shape index (κ1) is 14.4. The average molecular weight is 317 g/mol. The Labute approximate surface area is 135 Å². The molecule has 0 amide bonds. The zero-order valence-corrected chi connectivity index (χ0v) is 14.0. The van der Waals surface area contributed by atoms with Crippen molar-refractivity contribution in [3.63, 3.8) is 0 Å². The van der Waals surface area contributed by atoms with Gasteiger partial charge in [-0.25, -0.2) is 9.97 Å². The highest BCUT2D eigenvalue weighted by Crippen LogP contribution is 2.39. The molecule has 0 spiro atoms. The van der Waals surface area contributed by atoms with E-state index in [1.165, 1.54) is 47.9 Å². The summed E-state index contributed by atoms with van der Waals surface area (Å²) in [7, 11) is 0. The molecular weight excluding hydrogens is 294 g/mol. The van der Waals surface area contributed by atoms with Crippen LogP contribution in [0.3, 0.4) is 0 Å². The first-order valence-corrected chi connectivity index (χ1v) is 9.30. The van der Waals surface area contributed by atoms with Crippen molar-refractivity contribution >= 4 is 27.4 Å². The number of hydrogen-bond donors (Lipinski definition) is 0. The minimum Gasteiger partial charge on any atom is -0.375 e. The lowest BCUT2D eigenvalue weighted by molar-refractivity contribution is 0.0382. The number of rotatable bonds is 2. The molecule has 0 saturated carbocycles. The fourth-order valence-corrected chi connectivity index (χ4v) is 4.87. The molecule has 3 heterocycles. The highest BCUT2D eigenvalue weighted by molar-refractivity contribution is 7.18. The summed E-state index contributed by atoms with van der Waals surface area (Å²) in [4.78, 5) is 14.4. The molecule has 22 heavy (non-hydrogen) atoms. The van der Waals surface area contributed by atoms with Crippen molar-refractivity contribution in [3.8, 4) is 0 Å². The third-order valence-electron chi connectivity index (χ3n) is 4.87. The third kappa shape index (κ3) is 2.50. The Morgan fingerprint density at radius 3 is 3.09 bits per heavy atom. The fraction of sp³-hybridized carbons (Fsp3) is 0.647. The fourth-order valence-electron chi connectivity index (χ4n) is 3.65. The molecule has 0 N–H and O–H groups in total. The molecule has 0 aromatic carbocycles. The molecule has 1 unspecified atom stereocenters. The molecule has 0 bridgehead atoms. The number of anilines is 1. The minimum absolute atomic E-state index is 0.330. The molecule has 4 nitrogen and oxygen atoms in total. The molecule has 1 fully saturated rings. The second-order valence-corrected chi connectivity index (χ2v) is 7.37. The quantitative estimate of drug-likeness (QED) is 0.794. The minimum atomic E-state index is 0.330. The van der Waals surface area contributed by atoms with Crippen LogP contribution in [0.15, 0.2) is 6.33 Å². The average Bonchev–Trinajstić information content (AvgIpc) is 2.76. The molecule has 1 atom stereocenters. The van der Waals surface area contributed by atoms with Crippen LogP contribution in [-0.2, 0) is 17.6 Å². The van der Waals surface area contributed by atoms with Gasteiger partial charge in [-0.1, -0.05) is 13.3 Å². The van der Waals surface area contributed by atoms with Crippen molar-refractivity contribution in [2.24, 2.45) is 0 Å². The zero-order chi connectivity index (χ0) is 14.9. The lowest BCUT2D eigenvalue weighted by Gasteiger charge is -2.33. The number of morpholine rings is 1. The van der Waals surface area contributed by atoms with Crippen LogP contribution in [0.4, 0.5) is 5.82 Å². The van der Waals surface area contributed by atoms with E-state index < -0.39 is 0 Å². The van der Waals surface area contributed by atoms with E-state index in [0.29, 0.717) is 6.10 Å². The van der Waals surface area contributed by atoms with Gasteiger partial charge in [0.1, 0.15) is 17.0 Å². The van der Waals surface area contributed by atoms with Crippen molar-refractivity contribution < 1.29 is 4.74 Å². The van der Waals surface area contributed by atoms with Crippen LogP contribution in [-0.4, -0.2) is 35.8 Å². The molecule has 0 radical (unpaired) electrons. The molecular formula is C17H23N3OS. The molecule has 2 aromatic rings. The summed E-state index contributed by atoms with van der Waals surface area (Å²) in [5, 5.41) is 1.33. The normalized spacial score (nSPS) is 22.6. The number of hydrogen-bond acceptors (Lipinski definition) is 5. The van der Waals surface area contributed by atoms with E-state index in [-0.39, 0.29) is 0 Å². The monoisotopic (exact) mass is 317 g/mol. The van der Waals surface area contributed by atoms with E-state index in [9.17, 15) is 0 Å². The van der Waals surface area contributed by atoms with Crippen molar-refractivity contribution in [1.29, 1.82) is 0 Å². The Bertz CT molecular complexity index is 669. The third-order valence-corrected chi connectivity index (χ3v) is 6.07. The van der Waals surface area contributed by atoms with E-state index in [1.807, 2.05) is 11.3 Å². The molecule has 1 aliphatic heterocycles. The Kier molecular flexibility index (Phi) is 4.01. The predicted octanol–water partition coefficient (Wildman–Crippen LogP) is 3.58. The Morgan fingerprint density at radius 2 is 2.18 bits per heavy atom. The summed E-state index contributed by atoms with van der Waals surface area (Å²) >= 11 is 1.89. The standard InChI is InChI=1S/C17H23N3OS/c1-2-12-10-20(8-9-21-12)16-15-13-6-4-3-5-7-14(13)22-17(15)19-11-18-16/h11-12H,2-10H2,1H3. The van der Waals surface area contributed by atoms with Crippen molar-refractivity contribution in [3.05, 3.63) is 16.8 Å². The van der Waals surface area contributed by atoms with Gasteiger partial charge in [-0.3, -0.25) is 0 Å². The highest BCUT2D eigenvalue weighted by Gasteiger charge is 2.25. The maximum absolute atomic E-state index is 5.82. The molecule has 5 heteroatoms.